The summed E-state index contributed by atoms with van der Waals surface area (Å²) in [6.45, 7) is 6.10. The molecule has 0 fully saturated rings. The zero-order valence-electron chi connectivity index (χ0n) is 11.3. The fourth-order valence-corrected chi connectivity index (χ4v) is 1.64. The van der Waals surface area contributed by atoms with Crippen LogP contribution >= 0.6 is 11.6 Å². The molecule has 5 heteroatoms. The van der Waals surface area contributed by atoms with Gasteiger partial charge in [0.25, 0.3) is 0 Å². The number of halogens is 1. The molecule has 0 saturated carbocycles. The van der Waals surface area contributed by atoms with E-state index in [0.717, 1.165) is 25.0 Å². The van der Waals surface area contributed by atoms with E-state index in [2.05, 4.69) is 10.5 Å². The molecule has 4 nitrogen and oxygen atoms in total. The molecule has 0 radical (unpaired) electrons. The summed E-state index contributed by atoms with van der Waals surface area (Å²) in [7, 11) is 0. The zero-order valence-corrected chi connectivity index (χ0v) is 12.0. The first-order valence-corrected chi connectivity index (χ1v) is 6.80. The van der Waals surface area contributed by atoms with Crippen LogP contribution in [0.4, 0.5) is 5.82 Å². The highest BCUT2D eigenvalue weighted by Crippen LogP contribution is 2.24. The molecule has 102 valence electrons. The molecule has 1 aromatic rings. The third-order valence-electron chi connectivity index (χ3n) is 2.55. The number of hydrogen-bond acceptors (Lipinski definition) is 3. The highest BCUT2D eigenvalue weighted by Gasteiger charge is 2.20. The quantitative estimate of drug-likeness (QED) is 0.634. The number of anilines is 1. The number of carbonyl (C=O) groups excluding carboxylic acids is 1. The summed E-state index contributed by atoms with van der Waals surface area (Å²) in [5.41, 5.74) is -0.101. The number of rotatable bonds is 6. The summed E-state index contributed by atoms with van der Waals surface area (Å²) in [5.74, 6) is 1.88. The lowest BCUT2D eigenvalue weighted by atomic mass is 9.93. The Morgan fingerprint density at radius 2 is 2.11 bits per heavy atom. The van der Waals surface area contributed by atoms with E-state index in [1.54, 1.807) is 6.07 Å². The normalized spacial score (nSPS) is 11.6. The molecule has 1 amide bonds. The summed E-state index contributed by atoms with van der Waals surface area (Å²) in [6, 6.07) is 1.77. The molecule has 1 rings (SSSR count). The predicted octanol–water partition coefficient (Wildman–Crippen LogP) is 3.71. The third-order valence-corrected chi connectivity index (χ3v) is 2.82. The van der Waals surface area contributed by atoms with Crippen LogP contribution < -0.4 is 5.32 Å². The van der Waals surface area contributed by atoms with Gasteiger partial charge in [0.1, 0.15) is 5.76 Å². The van der Waals surface area contributed by atoms with E-state index >= 15 is 0 Å². The van der Waals surface area contributed by atoms with Gasteiger partial charge in [-0.05, 0) is 12.8 Å². The van der Waals surface area contributed by atoms with Gasteiger partial charge >= 0.3 is 0 Å². The molecule has 18 heavy (non-hydrogen) atoms. The van der Waals surface area contributed by atoms with Crippen LogP contribution in [0.25, 0.3) is 0 Å². The van der Waals surface area contributed by atoms with Crippen LogP contribution in [0.3, 0.4) is 0 Å². The summed E-state index contributed by atoms with van der Waals surface area (Å²) in [5, 5.41) is 6.57. The van der Waals surface area contributed by atoms with E-state index < -0.39 is 0 Å². The lowest BCUT2D eigenvalue weighted by Crippen LogP contribution is -2.12. The molecule has 0 bridgehead atoms. The minimum absolute atomic E-state index is 0.0293. The summed E-state index contributed by atoms with van der Waals surface area (Å²) < 4.78 is 5.19. The molecule has 0 aliphatic heterocycles. The Labute approximate surface area is 113 Å². The molecule has 0 unspecified atom stereocenters. The van der Waals surface area contributed by atoms with Crippen LogP contribution in [0.15, 0.2) is 10.6 Å². The first kappa shape index (κ1) is 15.0. The molecule has 0 aromatic carbocycles. The minimum Gasteiger partial charge on any atom is -0.359 e. The maximum Gasteiger partial charge on any atom is 0.225 e. The van der Waals surface area contributed by atoms with E-state index in [0.29, 0.717) is 18.1 Å². The first-order chi connectivity index (χ1) is 8.43. The van der Waals surface area contributed by atoms with Gasteiger partial charge in [0.05, 0.1) is 0 Å². The third kappa shape index (κ3) is 5.08. The maximum absolute atomic E-state index is 11.6. The second-order valence-corrected chi connectivity index (χ2v) is 5.75. The Morgan fingerprint density at radius 1 is 1.39 bits per heavy atom. The lowest BCUT2D eigenvalue weighted by molar-refractivity contribution is -0.116. The summed E-state index contributed by atoms with van der Waals surface area (Å²) in [6.07, 6.45) is 3.27. The van der Waals surface area contributed by atoms with Gasteiger partial charge in [-0.1, -0.05) is 32.3 Å². The summed E-state index contributed by atoms with van der Waals surface area (Å²) >= 11 is 5.57. The molecule has 1 aromatic heterocycles. The van der Waals surface area contributed by atoms with E-state index in [9.17, 15) is 4.79 Å². The van der Waals surface area contributed by atoms with Gasteiger partial charge in [0, 0.05) is 23.8 Å². The van der Waals surface area contributed by atoms with Gasteiger partial charge in [-0.25, -0.2) is 0 Å². The smallest absolute Gasteiger partial charge is 0.225 e. The molecular weight excluding hydrogens is 252 g/mol. The van der Waals surface area contributed by atoms with Gasteiger partial charge in [0.15, 0.2) is 5.82 Å². The van der Waals surface area contributed by atoms with Crippen molar-refractivity contribution in [1.29, 1.82) is 0 Å². The Kier molecular flexibility index (Phi) is 5.66. The molecule has 0 aliphatic carbocycles. The minimum atomic E-state index is -0.101. The standard InChI is InChI=1S/C13H21ClN2O2/c1-13(2,3)10-9-11(16-18-10)15-12(17)7-5-4-6-8-14/h9H,4-8H2,1-3H3,(H,15,16,17). The molecule has 0 spiro atoms. The predicted molar refractivity (Wildman–Crippen MR) is 73.0 cm³/mol. The van der Waals surface area contributed by atoms with Crippen LogP contribution in [0.5, 0.6) is 0 Å². The van der Waals surface area contributed by atoms with Crippen LogP contribution in [-0.4, -0.2) is 16.9 Å². The number of aromatic nitrogens is 1. The van der Waals surface area contributed by atoms with Gasteiger partial charge in [-0.2, -0.15) is 0 Å². The highest BCUT2D eigenvalue weighted by molar-refractivity contribution is 6.17. The average molecular weight is 273 g/mol. The number of unbranched alkanes of at least 4 members (excludes halogenated alkanes) is 2. The Balaban J connectivity index is 2.38. The van der Waals surface area contributed by atoms with E-state index in [1.165, 1.54) is 0 Å². The number of nitrogens with one attached hydrogen (secondary N) is 1. The largest absolute Gasteiger partial charge is 0.359 e. The number of alkyl halides is 1. The number of nitrogens with zero attached hydrogens (tertiary/aromatic N) is 1. The second-order valence-electron chi connectivity index (χ2n) is 5.37. The molecule has 1 heterocycles. The van der Waals surface area contributed by atoms with E-state index in [-0.39, 0.29) is 11.3 Å². The van der Waals surface area contributed by atoms with Gasteiger partial charge < -0.3 is 9.84 Å². The fraction of sp³-hybridized carbons (Fsp3) is 0.692. The van der Waals surface area contributed by atoms with Gasteiger partial charge in [0.2, 0.25) is 5.91 Å². The van der Waals surface area contributed by atoms with Crippen molar-refractivity contribution in [2.45, 2.75) is 51.9 Å². The summed E-state index contributed by atoms with van der Waals surface area (Å²) in [4.78, 5) is 11.6. The molecule has 1 N–H and O–H groups in total. The average Bonchev–Trinajstić information content (AvgIpc) is 2.72. The Morgan fingerprint density at radius 3 is 2.67 bits per heavy atom. The molecule has 0 atom stereocenters. The number of amides is 1. The topological polar surface area (TPSA) is 55.1 Å². The second kappa shape index (κ2) is 6.78. The fourth-order valence-electron chi connectivity index (χ4n) is 1.45. The van der Waals surface area contributed by atoms with Crippen molar-refractivity contribution in [2.75, 3.05) is 11.2 Å². The molecular formula is C13H21ClN2O2. The van der Waals surface area contributed by atoms with Crippen LogP contribution in [0.2, 0.25) is 0 Å². The zero-order chi connectivity index (χ0) is 13.6. The van der Waals surface area contributed by atoms with E-state index in [1.807, 2.05) is 20.8 Å². The van der Waals surface area contributed by atoms with Crippen molar-refractivity contribution < 1.29 is 9.32 Å². The maximum atomic E-state index is 11.6. The number of carbonyl (C=O) groups is 1. The lowest BCUT2D eigenvalue weighted by Gasteiger charge is -2.11. The monoisotopic (exact) mass is 272 g/mol. The first-order valence-electron chi connectivity index (χ1n) is 6.26. The van der Waals surface area contributed by atoms with Crippen molar-refractivity contribution in [3.63, 3.8) is 0 Å². The SMILES string of the molecule is CC(C)(C)c1cc(NC(=O)CCCCCCl)no1. The van der Waals surface area contributed by atoms with Crippen molar-refractivity contribution in [1.82, 2.24) is 5.16 Å². The van der Waals surface area contributed by atoms with Crippen LogP contribution in [-0.2, 0) is 10.2 Å². The highest BCUT2D eigenvalue weighted by atomic mass is 35.5. The number of hydrogen-bond donors (Lipinski definition) is 1. The Hall–Kier alpha value is -1.03. The molecule has 0 saturated heterocycles. The van der Waals surface area contributed by atoms with Crippen LogP contribution in [0, 0.1) is 0 Å². The Bertz CT molecular complexity index is 383. The van der Waals surface area contributed by atoms with Crippen molar-refractivity contribution in [2.24, 2.45) is 0 Å². The van der Waals surface area contributed by atoms with Crippen LogP contribution in [0.1, 0.15) is 52.2 Å². The van der Waals surface area contributed by atoms with Gasteiger partial charge in [-0.3, -0.25) is 4.79 Å². The van der Waals surface area contributed by atoms with Crippen molar-refractivity contribution in [3.05, 3.63) is 11.8 Å². The molecule has 0 aliphatic rings. The van der Waals surface area contributed by atoms with E-state index in [4.69, 9.17) is 16.1 Å². The van der Waals surface area contributed by atoms with Gasteiger partial charge in [-0.15, -0.1) is 11.6 Å². The van der Waals surface area contributed by atoms with Crippen molar-refractivity contribution >= 4 is 23.3 Å². The van der Waals surface area contributed by atoms with Crippen molar-refractivity contribution in [3.8, 4) is 0 Å².